The number of carbonyl (C=O) groups excluding carboxylic acids is 1. The Morgan fingerprint density at radius 1 is 1.44 bits per heavy atom. The predicted octanol–water partition coefficient (Wildman–Crippen LogP) is 3.21. The van der Waals surface area contributed by atoms with Crippen LogP contribution in [0.1, 0.15) is 30.1 Å². The van der Waals surface area contributed by atoms with Gasteiger partial charge in [-0.25, -0.2) is 0 Å². The fraction of sp³-hybridized carbons (Fsp3) is 0.462. The van der Waals surface area contributed by atoms with Gasteiger partial charge >= 0.3 is 0 Å². The lowest BCUT2D eigenvalue weighted by atomic mass is 9.99. The van der Waals surface area contributed by atoms with Gasteiger partial charge in [-0.1, -0.05) is 30.7 Å². The SMILES string of the molecule is CC1CCCN(C(=O)c2ccccc2Cl)C1. The molecule has 0 spiro atoms. The Morgan fingerprint density at radius 2 is 2.19 bits per heavy atom. The van der Waals surface area contributed by atoms with E-state index >= 15 is 0 Å². The van der Waals surface area contributed by atoms with E-state index in [0.29, 0.717) is 16.5 Å². The Morgan fingerprint density at radius 3 is 2.88 bits per heavy atom. The molecule has 86 valence electrons. The molecule has 3 heteroatoms. The van der Waals surface area contributed by atoms with Gasteiger partial charge in [0.25, 0.3) is 5.91 Å². The van der Waals surface area contributed by atoms with Gasteiger partial charge in [-0.2, -0.15) is 0 Å². The van der Waals surface area contributed by atoms with Gasteiger partial charge in [0.05, 0.1) is 10.6 Å². The summed E-state index contributed by atoms with van der Waals surface area (Å²) in [6, 6.07) is 7.26. The van der Waals surface area contributed by atoms with Gasteiger partial charge in [-0.3, -0.25) is 4.79 Å². The maximum atomic E-state index is 12.2. The van der Waals surface area contributed by atoms with Crippen molar-refractivity contribution < 1.29 is 4.79 Å². The van der Waals surface area contributed by atoms with Crippen LogP contribution in [-0.4, -0.2) is 23.9 Å². The number of amides is 1. The summed E-state index contributed by atoms with van der Waals surface area (Å²) < 4.78 is 0. The minimum Gasteiger partial charge on any atom is -0.338 e. The number of carbonyl (C=O) groups is 1. The van der Waals surface area contributed by atoms with Crippen molar-refractivity contribution in [3.63, 3.8) is 0 Å². The molecule has 1 aromatic rings. The topological polar surface area (TPSA) is 20.3 Å². The third-order valence-electron chi connectivity index (χ3n) is 3.05. The molecular weight excluding hydrogens is 222 g/mol. The van der Waals surface area contributed by atoms with Crippen molar-refractivity contribution in [2.45, 2.75) is 19.8 Å². The number of benzene rings is 1. The quantitative estimate of drug-likeness (QED) is 0.735. The average molecular weight is 238 g/mol. The molecule has 1 fully saturated rings. The second-order valence-corrected chi connectivity index (χ2v) is 4.89. The number of hydrogen-bond acceptors (Lipinski definition) is 1. The highest BCUT2D eigenvalue weighted by Crippen LogP contribution is 2.21. The third-order valence-corrected chi connectivity index (χ3v) is 3.38. The van der Waals surface area contributed by atoms with E-state index in [1.54, 1.807) is 12.1 Å². The minimum atomic E-state index is 0.0668. The van der Waals surface area contributed by atoms with Gasteiger partial charge in [0.1, 0.15) is 0 Å². The minimum absolute atomic E-state index is 0.0668. The van der Waals surface area contributed by atoms with Crippen LogP contribution in [0, 0.1) is 5.92 Å². The summed E-state index contributed by atoms with van der Waals surface area (Å²) in [5.74, 6) is 0.664. The first-order valence-electron chi connectivity index (χ1n) is 5.72. The highest BCUT2D eigenvalue weighted by molar-refractivity contribution is 6.33. The highest BCUT2D eigenvalue weighted by atomic mass is 35.5. The van der Waals surface area contributed by atoms with Crippen LogP contribution in [0.25, 0.3) is 0 Å². The lowest BCUT2D eigenvalue weighted by Gasteiger charge is -2.31. The Hall–Kier alpha value is -1.02. The second-order valence-electron chi connectivity index (χ2n) is 4.48. The zero-order chi connectivity index (χ0) is 11.5. The maximum Gasteiger partial charge on any atom is 0.255 e. The third kappa shape index (κ3) is 2.38. The molecule has 16 heavy (non-hydrogen) atoms. The molecule has 0 aromatic heterocycles. The van der Waals surface area contributed by atoms with E-state index in [2.05, 4.69) is 6.92 Å². The van der Waals surface area contributed by atoms with Crippen molar-refractivity contribution in [1.29, 1.82) is 0 Å². The summed E-state index contributed by atoms with van der Waals surface area (Å²) in [6.45, 7) is 3.89. The van der Waals surface area contributed by atoms with E-state index in [4.69, 9.17) is 11.6 Å². The Balaban J connectivity index is 2.16. The normalized spacial score (nSPS) is 20.9. The Bertz CT molecular complexity index is 391. The number of nitrogens with zero attached hydrogens (tertiary/aromatic N) is 1. The highest BCUT2D eigenvalue weighted by Gasteiger charge is 2.23. The van der Waals surface area contributed by atoms with Crippen LogP contribution in [0.3, 0.4) is 0 Å². The first kappa shape index (κ1) is 11.5. The fourth-order valence-electron chi connectivity index (χ4n) is 2.18. The Kier molecular flexibility index (Phi) is 3.49. The molecule has 1 aliphatic heterocycles. The lowest BCUT2D eigenvalue weighted by Crippen LogP contribution is -2.39. The van der Waals surface area contributed by atoms with Crippen molar-refractivity contribution >= 4 is 17.5 Å². The zero-order valence-corrected chi connectivity index (χ0v) is 10.2. The van der Waals surface area contributed by atoms with E-state index in [9.17, 15) is 4.79 Å². The van der Waals surface area contributed by atoms with Gasteiger partial charge < -0.3 is 4.90 Å². The first-order chi connectivity index (χ1) is 7.68. The summed E-state index contributed by atoms with van der Waals surface area (Å²) in [7, 11) is 0. The molecule has 1 aromatic carbocycles. The molecule has 2 rings (SSSR count). The van der Waals surface area contributed by atoms with E-state index < -0.39 is 0 Å². The zero-order valence-electron chi connectivity index (χ0n) is 9.45. The van der Waals surface area contributed by atoms with Crippen molar-refractivity contribution in [3.05, 3.63) is 34.9 Å². The van der Waals surface area contributed by atoms with E-state index in [0.717, 1.165) is 19.5 Å². The maximum absolute atomic E-state index is 12.2. The van der Waals surface area contributed by atoms with E-state index in [1.165, 1.54) is 6.42 Å². The number of hydrogen-bond donors (Lipinski definition) is 0. The molecule has 0 radical (unpaired) electrons. The van der Waals surface area contributed by atoms with Gasteiger partial charge in [-0.05, 0) is 30.9 Å². The van der Waals surface area contributed by atoms with E-state index in [-0.39, 0.29) is 5.91 Å². The van der Waals surface area contributed by atoms with Gasteiger partial charge in [-0.15, -0.1) is 0 Å². The predicted molar refractivity (Wildman–Crippen MR) is 65.8 cm³/mol. The molecule has 2 nitrogen and oxygen atoms in total. The van der Waals surface area contributed by atoms with Gasteiger partial charge in [0.2, 0.25) is 0 Å². The largest absolute Gasteiger partial charge is 0.338 e. The van der Waals surface area contributed by atoms with Crippen LogP contribution in [0.5, 0.6) is 0 Å². The smallest absolute Gasteiger partial charge is 0.255 e. The standard InChI is InChI=1S/C13H16ClNO/c1-10-5-4-8-15(9-10)13(16)11-6-2-3-7-12(11)14/h2-3,6-7,10H,4-5,8-9H2,1H3. The lowest BCUT2D eigenvalue weighted by molar-refractivity contribution is 0.0683. The average Bonchev–Trinajstić information content (AvgIpc) is 2.29. The summed E-state index contributed by atoms with van der Waals surface area (Å²) in [5, 5.41) is 0.547. The van der Waals surface area contributed by atoms with Crippen molar-refractivity contribution in [2.75, 3.05) is 13.1 Å². The van der Waals surface area contributed by atoms with Gasteiger partial charge in [0.15, 0.2) is 0 Å². The van der Waals surface area contributed by atoms with Crippen molar-refractivity contribution in [3.8, 4) is 0 Å². The summed E-state index contributed by atoms with van der Waals surface area (Å²) in [5.41, 5.74) is 0.623. The molecule has 1 atom stereocenters. The fourth-order valence-corrected chi connectivity index (χ4v) is 2.40. The monoisotopic (exact) mass is 237 g/mol. The number of piperidine rings is 1. The number of likely N-dealkylation sites (tertiary alicyclic amines) is 1. The van der Waals surface area contributed by atoms with Crippen LogP contribution in [0.4, 0.5) is 0 Å². The molecule has 0 aliphatic carbocycles. The van der Waals surface area contributed by atoms with Crippen LogP contribution in [-0.2, 0) is 0 Å². The summed E-state index contributed by atoms with van der Waals surface area (Å²) in [6.07, 6.45) is 2.31. The van der Waals surface area contributed by atoms with Crippen molar-refractivity contribution in [2.24, 2.45) is 5.92 Å². The Labute approximate surface area is 101 Å². The molecule has 1 aliphatic rings. The first-order valence-corrected chi connectivity index (χ1v) is 6.10. The second kappa shape index (κ2) is 4.88. The molecule has 1 amide bonds. The van der Waals surface area contributed by atoms with Gasteiger partial charge in [0, 0.05) is 13.1 Å². The molecule has 0 saturated carbocycles. The molecule has 1 heterocycles. The van der Waals surface area contributed by atoms with Crippen LogP contribution >= 0.6 is 11.6 Å². The van der Waals surface area contributed by atoms with Crippen LogP contribution < -0.4 is 0 Å². The summed E-state index contributed by atoms with van der Waals surface area (Å²) in [4.78, 5) is 14.1. The van der Waals surface area contributed by atoms with Crippen molar-refractivity contribution in [1.82, 2.24) is 4.90 Å². The molecule has 1 unspecified atom stereocenters. The summed E-state index contributed by atoms with van der Waals surface area (Å²) >= 11 is 6.03. The molecule has 0 bridgehead atoms. The van der Waals surface area contributed by atoms with E-state index in [1.807, 2.05) is 17.0 Å². The molecular formula is C13H16ClNO. The number of rotatable bonds is 1. The molecule has 1 saturated heterocycles. The van der Waals surface area contributed by atoms with Crippen LogP contribution in [0.15, 0.2) is 24.3 Å². The number of halogens is 1. The molecule has 0 N–H and O–H groups in total. The van der Waals surface area contributed by atoms with Crippen LogP contribution in [0.2, 0.25) is 5.02 Å².